The predicted octanol–water partition coefficient (Wildman–Crippen LogP) is 5.02. The Bertz CT molecular complexity index is 591. The third-order valence-corrected chi connectivity index (χ3v) is 4.34. The molecule has 0 spiro atoms. The van der Waals surface area contributed by atoms with Crippen LogP contribution in [0.25, 0.3) is 6.08 Å². The third kappa shape index (κ3) is 4.94. The summed E-state index contributed by atoms with van der Waals surface area (Å²) in [6.45, 7) is 0. The highest BCUT2D eigenvalue weighted by Crippen LogP contribution is 2.14. The first-order valence-corrected chi connectivity index (χ1v) is 8.24. The molecular weight excluding hydrogens is 344 g/mol. The average Bonchev–Trinajstić information content (AvgIpc) is 2.41. The maximum Gasteiger partial charge on any atom is 0.0526 e. The molecule has 0 fully saturated rings. The summed E-state index contributed by atoms with van der Waals surface area (Å²) < 4.78 is 13.0. The molecule has 98 valence electrons. The molecular formula is C15H12BrClOS. The summed E-state index contributed by atoms with van der Waals surface area (Å²) in [6, 6.07) is 15.3. The molecule has 1 atom stereocenters. The lowest BCUT2D eigenvalue weighted by atomic mass is 10.2. The Morgan fingerprint density at radius 2 is 1.68 bits per heavy atom. The van der Waals surface area contributed by atoms with Gasteiger partial charge in [-0.25, -0.2) is 0 Å². The zero-order valence-corrected chi connectivity index (χ0v) is 13.2. The predicted molar refractivity (Wildman–Crippen MR) is 86.5 cm³/mol. The normalized spacial score (nSPS) is 12.7. The van der Waals surface area contributed by atoms with Gasteiger partial charge in [-0.2, -0.15) is 0 Å². The summed E-state index contributed by atoms with van der Waals surface area (Å²) >= 11 is 9.18. The summed E-state index contributed by atoms with van der Waals surface area (Å²) in [5, 5.41) is 2.42. The molecule has 0 heterocycles. The van der Waals surface area contributed by atoms with Crippen LogP contribution >= 0.6 is 27.5 Å². The molecule has 0 radical (unpaired) electrons. The van der Waals surface area contributed by atoms with Crippen LogP contribution in [0, 0.1) is 0 Å². The Kier molecular flexibility index (Phi) is 5.37. The van der Waals surface area contributed by atoms with Gasteiger partial charge in [0, 0.05) is 14.9 Å². The van der Waals surface area contributed by atoms with Crippen LogP contribution < -0.4 is 0 Å². The van der Waals surface area contributed by atoms with E-state index in [-0.39, 0.29) is 0 Å². The lowest BCUT2D eigenvalue weighted by molar-refractivity contribution is 0.688. The highest BCUT2D eigenvalue weighted by molar-refractivity contribution is 9.10. The van der Waals surface area contributed by atoms with Crippen LogP contribution in [0.15, 0.2) is 58.4 Å². The van der Waals surface area contributed by atoms with E-state index >= 15 is 0 Å². The van der Waals surface area contributed by atoms with E-state index in [0.717, 1.165) is 15.6 Å². The van der Waals surface area contributed by atoms with E-state index in [1.54, 1.807) is 5.41 Å². The molecule has 0 saturated heterocycles. The lowest BCUT2D eigenvalue weighted by Gasteiger charge is -1.99. The maximum atomic E-state index is 11.9. The van der Waals surface area contributed by atoms with Crippen molar-refractivity contribution in [2.24, 2.45) is 0 Å². The molecule has 0 aliphatic heterocycles. The van der Waals surface area contributed by atoms with Crippen molar-refractivity contribution in [1.29, 1.82) is 0 Å². The van der Waals surface area contributed by atoms with E-state index in [0.29, 0.717) is 10.8 Å². The van der Waals surface area contributed by atoms with Crippen molar-refractivity contribution in [3.05, 3.63) is 74.6 Å². The minimum Gasteiger partial charge on any atom is -0.255 e. The Morgan fingerprint density at radius 3 is 2.32 bits per heavy atom. The second-order valence-electron chi connectivity index (χ2n) is 4.01. The Hall–Kier alpha value is -0.900. The van der Waals surface area contributed by atoms with Gasteiger partial charge in [0.2, 0.25) is 0 Å². The third-order valence-electron chi connectivity index (χ3n) is 2.50. The first kappa shape index (κ1) is 14.5. The van der Waals surface area contributed by atoms with Crippen molar-refractivity contribution in [3.63, 3.8) is 0 Å². The van der Waals surface area contributed by atoms with E-state index in [2.05, 4.69) is 15.9 Å². The first-order valence-electron chi connectivity index (χ1n) is 5.69. The van der Waals surface area contributed by atoms with E-state index in [4.69, 9.17) is 11.6 Å². The fourth-order valence-electron chi connectivity index (χ4n) is 1.52. The van der Waals surface area contributed by atoms with Gasteiger partial charge in [-0.15, -0.1) is 0 Å². The molecule has 19 heavy (non-hydrogen) atoms. The van der Waals surface area contributed by atoms with E-state index in [9.17, 15) is 4.21 Å². The molecule has 0 aliphatic carbocycles. The van der Waals surface area contributed by atoms with Crippen molar-refractivity contribution < 1.29 is 4.21 Å². The van der Waals surface area contributed by atoms with Gasteiger partial charge in [0.25, 0.3) is 0 Å². The van der Waals surface area contributed by atoms with Crippen LogP contribution in [0.4, 0.5) is 0 Å². The lowest BCUT2D eigenvalue weighted by Crippen LogP contribution is -1.90. The molecule has 0 aromatic heterocycles. The van der Waals surface area contributed by atoms with Crippen LogP contribution in [-0.4, -0.2) is 4.21 Å². The monoisotopic (exact) mass is 354 g/mol. The zero-order chi connectivity index (χ0) is 13.7. The van der Waals surface area contributed by atoms with Crippen LogP contribution in [0.2, 0.25) is 5.02 Å². The number of benzene rings is 2. The maximum absolute atomic E-state index is 11.9. The van der Waals surface area contributed by atoms with Gasteiger partial charge in [0.1, 0.15) is 0 Å². The molecule has 0 bridgehead atoms. The molecule has 0 saturated carbocycles. The standard InChI is InChI=1S/C15H12BrClOS/c16-14-5-1-13(2-6-14)11-19(18)10-9-12-3-7-15(17)8-4-12/h1-10H,11H2/b10-9+. The van der Waals surface area contributed by atoms with Crippen LogP contribution in [0.3, 0.4) is 0 Å². The second-order valence-corrected chi connectivity index (χ2v) is 6.68. The second kappa shape index (κ2) is 7.04. The number of hydrogen-bond acceptors (Lipinski definition) is 1. The van der Waals surface area contributed by atoms with Gasteiger partial charge in [-0.1, -0.05) is 51.8 Å². The van der Waals surface area contributed by atoms with Gasteiger partial charge in [-0.3, -0.25) is 4.21 Å². The number of hydrogen-bond donors (Lipinski definition) is 0. The summed E-state index contributed by atoms with van der Waals surface area (Å²) in [5.41, 5.74) is 2.05. The Balaban J connectivity index is 1.97. The highest BCUT2D eigenvalue weighted by Gasteiger charge is 1.98. The first-order chi connectivity index (χ1) is 9.13. The zero-order valence-electron chi connectivity index (χ0n) is 10.1. The fraction of sp³-hybridized carbons (Fsp3) is 0.0667. The van der Waals surface area contributed by atoms with Crippen molar-refractivity contribution in [2.45, 2.75) is 5.75 Å². The Morgan fingerprint density at radius 1 is 1.05 bits per heavy atom. The van der Waals surface area contributed by atoms with Crippen molar-refractivity contribution >= 4 is 44.4 Å². The largest absolute Gasteiger partial charge is 0.255 e. The molecule has 0 N–H and O–H groups in total. The van der Waals surface area contributed by atoms with Crippen molar-refractivity contribution in [2.75, 3.05) is 0 Å². The SMILES string of the molecule is O=S(/C=C/c1ccc(Cl)cc1)Cc1ccc(Br)cc1. The fourth-order valence-corrected chi connectivity index (χ4v) is 2.84. The summed E-state index contributed by atoms with van der Waals surface area (Å²) in [7, 11) is -1.01. The smallest absolute Gasteiger partial charge is 0.0526 e. The molecule has 2 aromatic carbocycles. The molecule has 1 nitrogen and oxygen atoms in total. The highest BCUT2D eigenvalue weighted by atomic mass is 79.9. The minimum atomic E-state index is -1.01. The molecule has 2 aromatic rings. The molecule has 1 unspecified atom stereocenters. The average molecular weight is 356 g/mol. The van der Waals surface area contributed by atoms with Gasteiger partial charge in [0.15, 0.2) is 0 Å². The minimum absolute atomic E-state index is 0.525. The number of rotatable bonds is 4. The topological polar surface area (TPSA) is 17.1 Å². The van der Waals surface area contributed by atoms with Crippen LogP contribution in [0.1, 0.15) is 11.1 Å². The van der Waals surface area contributed by atoms with E-state index in [1.165, 1.54) is 0 Å². The van der Waals surface area contributed by atoms with Crippen LogP contribution in [0.5, 0.6) is 0 Å². The van der Waals surface area contributed by atoms with Crippen molar-refractivity contribution in [3.8, 4) is 0 Å². The summed E-state index contributed by atoms with van der Waals surface area (Å²) in [6.07, 6.45) is 1.85. The Labute approximate surface area is 128 Å². The van der Waals surface area contributed by atoms with Gasteiger partial charge in [0.05, 0.1) is 16.6 Å². The quantitative estimate of drug-likeness (QED) is 0.752. The molecule has 0 amide bonds. The van der Waals surface area contributed by atoms with Gasteiger partial charge >= 0.3 is 0 Å². The van der Waals surface area contributed by atoms with E-state index < -0.39 is 10.8 Å². The van der Waals surface area contributed by atoms with Crippen LogP contribution in [-0.2, 0) is 16.6 Å². The van der Waals surface area contributed by atoms with Gasteiger partial charge in [-0.05, 0) is 41.5 Å². The van der Waals surface area contributed by atoms with Crippen molar-refractivity contribution in [1.82, 2.24) is 0 Å². The molecule has 0 aliphatic rings. The molecule has 2 rings (SSSR count). The van der Waals surface area contributed by atoms with Gasteiger partial charge < -0.3 is 0 Å². The summed E-state index contributed by atoms with van der Waals surface area (Å²) in [4.78, 5) is 0. The molecule has 4 heteroatoms. The summed E-state index contributed by atoms with van der Waals surface area (Å²) in [5.74, 6) is 0.525. The number of halogens is 2. The van der Waals surface area contributed by atoms with E-state index in [1.807, 2.05) is 54.6 Å².